The number of hydrogen-bond donors (Lipinski definition) is 1. The largest absolute Gasteiger partial charge is 0.465 e. The number of aromatic amines is 1. The van der Waals surface area contributed by atoms with E-state index in [1.54, 1.807) is 18.5 Å². The molecule has 7 nitrogen and oxygen atoms in total. The smallest absolute Gasteiger partial charge is 0.337 e. The highest BCUT2D eigenvalue weighted by Crippen LogP contribution is 2.14. The van der Waals surface area contributed by atoms with E-state index in [0.29, 0.717) is 22.3 Å². The summed E-state index contributed by atoms with van der Waals surface area (Å²) in [6.07, 6.45) is 3.11. The van der Waals surface area contributed by atoms with Gasteiger partial charge in [0.2, 0.25) is 0 Å². The molecule has 0 bridgehead atoms. The number of rotatable bonds is 2. The van der Waals surface area contributed by atoms with E-state index < -0.39 is 5.97 Å². The molecule has 0 unspecified atom stereocenters. The summed E-state index contributed by atoms with van der Waals surface area (Å²) in [5.74, 6) is 0.0616. The number of nitrogens with zero attached hydrogens (tertiary/aromatic N) is 3. The normalized spacial score (nSPS) is 10.5. The fourth-order valence-corrected chi connectivity index (χ4v) is 1.91. The summed E-state index contributed by atoms with van der Waals surface area (Å²) in [5.41, 5.74) is 0.381. The Hall–Kier alpha value is -3.09. The average molecular weight is 282 g/mol. The number of methoxy groups -OCH3 is 1. The first-order valence-corrected chi connectivity index (χ1v) is 6.09. The number of aromatic nitrogens is 4. The predicted molar refractivity (Wildman–Crippen MR) is 74.7 cm³/mol. The van der Waals surface area contributed by atoms with Gasteiger partial charge >= 0.3 is 5.97 Å². The van der Waals surface area contributed by atoms with E-state index in [1.165, 1.54) is 25.3 Å². The Kier molecular flexibility index (Phi) is 3.15. The molecular weight excluding hydrogens is 272 g/mol. The Balaban J connectivity index is 2.22. The molecule has 0 amide bonds. The molecule has 2 aromatic heterocycles. The summed E-state index contributed by atoms with van der Waals surface area (Å²) in [6.45, 7) is 0. The van der Waals surface area contributed by atoms with Gasteiger partial charge in [0, 0.05) is 12.4 Å². The molecular formula is C14H10N4O3. The van der Waals surface area contributed by atoms with Crippen molar-refractivity contribution in [3.05, 3.63) is 52.6 Å². The van der Waals surface area contributed by atoms with Crippen LogP contribution in [0, 0.1) is 0 Å². The van der Waals surface area contributed by atoms with Crippen LogP contribution in [0.2, 0.25) is 0 Å². The van der Waals surface area contributed by atoms with E-state index in [-0.39, 0.29) is 11.4 Å². The fourth-order valence-electron chi connectivity index (χ4n) is 1.91. The van der Waals surface area contributed by atoms with E-state index >= 15 is 0 Å². The monoisotopic (exact) mass is 282 g/mol. The number of nitrogens with one attached hydrogen (secondary N) is 1. The molecule has 7 heteroatoms. The topological polar surface area (TPSA) is 97.8 Å². The van der Waals surface area contributed by atoms with Gasteiger partial charge in [0.1, 0.15) is 0 Å². The summed E-state index contributed by atoms with van der Waals surface area (Å²) >= 11 is 0. The maximum atomic E-state index is 12.1. The molecule has 1 aromatic carbocycles. The van der Waals surface area contributed by atoms with Crippen LogP contribution in [-0.4, -0.2) is 33.0 Å². The zero-order chi connectivity index (χ0) is 14.8. The lowest BCUT2D eigenvalue weighted by atomic mass is 10.1. The summed E-state index contributed by atoms with van der Waals surface area (Å²) in [7, 11) is 1.29. The van der Waals surface area contributed by atoms with Crippen molar-refractivity contribution in [3.8, 4) is 11.6 Å². The van der Waals surface area contributed by atoms with Gasteiger partial charge < -0.3 is 9.72 Å². The van der Waals surface area contributed by atoms with Crippen LogP contribution in [0.15, 0.2) is 41.5 Å². The molecule has 0 atom stereocenters. The van der Waals surface area contributed by atoms with Gasteiger partial charge in [-0.05, 0) is 24.3 Å². The van der Waals surface area contributed by atoms with E-state index in [4.69, 9.17) is 0 Å². The van der Waals surface area contributed by atoms with Crippen LogP contribution >= 0.6 is 0 Å². The first kappa shape index (κ1) is 12.9. The molecule has 0 spiro atoms. The first-order chi connectivity index (χ1) is 10.2. The van der Waals surface area contributed by atoms with Gasteiger partial charge in [-0.15, -0.1) is 0 Å². The third-order valence-corrected chi connectivity index (χ3v) is 2.91. The third-order valence-electron chi connectivity index (χ3n) is 2.91. The molecule has 0 saturated carbocycles. The van der Waals surface area contributed by atoms with Gasteiger partial charge in [-0.2, -0.15) is 0 Å². The summed E-state index contributed by atoms with van der Waals surface area (Å²) in [6, 6.07) is 6.22. The predicted octanol–water partition coefficient (Wildman–Crippen LogP) is 1.17. The molecule has 0 radical (unpaired) electrons. The summed E-state index contributed by atoms with van der Waals surface area (Å²) in [4.78, 5) is 38.6. The molecule has 0 fully saturated rings. The second-order valence-corrected chi connectivity index (χ2v) is 4.21. The van der Waals surface area contributed by atoms with Crippen molar-refractivity contribution in [2.24, 2.45) is 0 Å². The third kappa shape index (κ3) is 2.36. The lowest BCUT2D eigenvalue weighted by Gasteiger charge is -2.03. The molecule has 0 aliphatic carbocycles. The second kappa shape index (κ2) is 5.12. The van der Waals surface area contributed by atoms with Crippen LogP contribution in [0.4, 0.5) is 0 Å². The molecule has 3 rings (SSSR count). The minimum absolute atomic E-state index is 0.245. The highest BCUT2D eigenvalue weighted by Gasteiger charge is 2.11. The molecule has 0 saturated heterocycles. The number of esters is 1. The van der Waals surface area contributed by atoms with Crippen LogP contribution in [0.25, 0.3) is 22.6 Å². The molecule has 104 valence electrons. The lowest BCUT2D eigenvalue weighted by molar-refractivity contribution is 0.0601. The average Bonchev–Trinajstić information content (AvgIpc) is 2.54. The van der Waals surface area contributed by atoms with E-state index in [2.05, 4.69) is 24.7 Å². The van der Waals surface area contributed by atoms with Crippen LogP contribution in [0.1, 0.15) is 10.4 Å². The van der Waals surface area contributed by atoms with Crippen LogP contribution in [-0.2, 0) is 4.74 Å². The van der Waals surface area contributed by atoms with Crippen LogP contribution < -0.4 is 5.56 Å². The molecule has 3 aromatic rings. The Morgan fingerprint density at radius 1 is 1.24 bits per heavy atom. The quantitative estimate of drug-likeness (QED) is 0.708. The van der Waals surface area contributed by atoms with Gasteiger partial charge in [0.05, 0.1) is 23.6 Å². The number of carbonyl (C=O) groups is 1. The first-order valence-electron chi connectivity index (χ1n) is 6.09. The Labute approximate surface area is 118 Å². The lowest BCUT2D eigenvalue weighted by Crippen LogP contribution is -2.11. The van der Waals surface area contributed by atoms with Gasteiger partial charge in [-0.3, -0.25) is 4.79 Å². The molecule has 0 aliphatic heterocycles. The van der Waals surface area contributed by atoms with Crippen LogP contribution in [0.3, 0.4) is 0 Å². The maximum Gasteiger partial charge on any atom is 0.337 e. The Bertz CT molecular complexity index is 874. The molecule has 2 heterocycles. The highest BCUT2D eigenvalue weighted by atomic mass is 16.5. The van der Waals surface area contributed by atoms with Gasteiger partial charge in [-0.1, -0.05) is 0 Å². The Morgan fingerprint density at radius 3 is 2.71 bits per heavy atom. The maximum absolute atomic E-state index is 12.1. The zero-order valence-corrected chi connectivity index (χ0v) is 11.0. The van der Waals surface area contributed by atoms with Crippen molar-refractivity contribution in [2.75, 3.05) is 7.11 Å². The minimum Gasteiger partial charge on any atom is -0.465 e. The number of fused-ring (bicyclic) bond motifs is 1. The van der Waals surface area contributed by atoms with Crippen molar-refractivity contribution in [1.29, 1.82) is 0 Å². The van der Waals surface area contributed by atoms with Crippen molar-refractivity contribution in [3.63, 3.8) is 0 Å². The SMILES string of the molecule is COC(=O)c1ccc2c(=O)[nH]c(-c3ncccn3)nc2c1. The minimum atomic E-state index is -0.489. The van der Waals surface area contributed by atoms with Crippen LogP contribution in [0.5, 0.6) is 0 Å². The number of carbonyl (C=O) groups excluding carboxylic acids is 1. The summed E-state index contributed by atoms with van der Waals surface area (Å²) in [5, 5.41) is 0.377. The summed E-state index contributed by atoms with van der Waals surface area (Å²) < 4.78 is 4.65. The van der Waals surface area contributed by atoms with Crippen molar-refractivity contribution in [2.45, 2.75) is 0 Å². The number of benzene rings is 1. The fraction of sp³-hybridized carbons (Fsp3) is 0.0714. The van der Waals surface area contributed by atoms with Gasteiger partial charge in [0.25, 0.3) is 5.56 Å². The van der Waals surface area contributed by atoms with E-state index in [0.717, 1.165) is 0 Å². The van der Waals surface area contributed by atoms with Gasteiger partial charge in [0.15, 0.2) is 11.6 Å². The van der Waals surface area contributed by atoms with Gasteiger partial charge in [-0.25, -0.2) is 19.7 Å². The molecule has 1 N–H and O–H groups in total. The molecule has 0 aliphatic rings. The number of hydrogen-bond acceptors (Lipinski definition) is 6. The zero-order valence-electron chi connectivity index (χ0n) is 11.0. The second-order valence-electron chi connectivity index (χ2n) is 4.21. The van der Waals surface area contributed by atoms with Crippen molar-refractivity contribution < 1.29 is 9.53 Å². The number of H-pyrrole nitrogens is 1. The standard InChI is InChI=1S/C14H10N4O3/c1-21-14(20)8-3-4-9-10(7-8)17-12(18-13(9)19)11-15-5-2-6-16-11/h2-7H,1H3,(H,17,18,19). The number of ether oxygens (including phenoxy) is 1. The Morgan fingerprint density at radius 2 is 2.00 bits per heavy atom. The van der Waals surface area contributed by atoms with Crippen molar-refractivity contribution >= 4 is 16.9 Å². The van der Waals surface area contributed by atoms with Crippen molar-refractivity contribution in [1.82, 2.24) is 19.9 Å². The molecule has 21 heavy (non-hydrogen) atoms. The van der Waals surface area contributed by atoms with E-state index in [9.17, 15) is 9.59 Å². The van der Waals surface area contributed by atoms with E-state index in [1.807, 2.05) is 0 Å². The highest BCUT2D eigenvalue weighted by molar-refractivity contribution is 5.94.